The summed E-state index contributed by atoms with van der Waals surface area (Å²) in [5.74, 6) is 0.947. The summed E-state index contributed by atoms with van der Waals surface area (Å²) >= 11 is 0. The highest BCUT2D eigenvalue weighted by Gasteiger charge is 2.24. The van der Waals surface area contributed by atoms with Gasteiger partial charge in [-0.25, -0.2) is 0 Å². The van der Waals surface area contributed by atoms with Crippen molar-refractivity contribution in [2.75, 3.05) is 33.3 Å². The molecule has 2 N–H and O–H groups in total. The van der Waals surface area contributed by atoms with Crippen molar-refractivity contribution in [2.24, 2.45) is 0 Å². The predicted octanol–water partition coefficient (Wildman–Crippen LogP) is 3.24. The summed E-state index contributed by atoms with van der Waals surface area (Å²) < 4.78 is 5.40. The van der Waals surface area contributed by atoms with Crippen molar-refractivity contribution < 1.29 is 4.74 Å². The fourth-order valence-corrected chi connectivity index (χ4v) is 4.16. The number of piperidine rings is 1. The molecule has 4 heteroatoms. The van der Waals surface area contributed by atoms with E-state index in [2.05, 4.69) is 27.3 Å². The summed E-state index contributed by atoms with van der Waals surface area (Å²) in [6, 6.07) is 6.82. The first kappa shape index (κ1) is 15.0. The maximum absolute atomic E-state index is 5.40. The van der Waals surface area contributed by atoms with Gasteiger partial charge in [0.05, 0.1) is 7.11 Å². The minimum absolute atomic E-state index is 0.457. The molecule has 0 amide bonds. The number of hydrogen-bond donors (Lipinski definition) is 2. The largest absolute Gasteiger partial charge is 0.497 e. The van der Waals surface area contributed by atoms with Crippen LogP contribution in [0.5, 0.6) is 5.75 Å². The average molecular weight is 313 g/mol. The van der Waals surface area contributed by atoms with Crippen molar-refractivity contribution in [2.45, 2.75) is 38.1 Å². The molecule has 1 aromatic heterocycles. The highest BCUT2D eigenvalue weighted by atomic mass is 16.5. The Morgan fingerprint density at radius 2 is 2.09 bits per heavy atom. The first-order valence-electron chi connectivity index (χ1n) is 8.99. The van der Waals surface area contributed by atoms with Crippen molar-refractivity contribution in [1.82, 2.24) is 15.2 Å². The van der Waals surface area contributed by atoms with Gasteiger partial charge in [0.1, 0.15) is 5.75 Å². The smallest absolute Gasteiger partial charge is 0.119 e. The summed E-state index contributed by atoms with van der Waals surface area (Å²) in [4.78, 5) is 6.30. The van der Waals surface area contributed by atoms with Gasteiger partial charge < -0.3 is 19.9 Å². The Morgan fingerprint density at radius 1 is 1.22 bits per heavy atom. The van der Waals surface area contributed by atoms with Crippen LogP contribution < -0.4 is 10.1 Å². The number of rotatable bonds is 4. The molecule has 2 aliphatic heterocycles. The lowest BCUT2D eigenvalue weighted by Crippen LogP contribution is -2.35. The van der Waals surface area contributed by atoms with E-state index in [1.165, 1.54) is 67.5 Å². The predicted molar refractivity (Wildman–Crippen MR) is 94.2 cm³/mol. The standard InChI is InChI=1S/C19H27N3O/c1-23-14-5-6-17-16(13-14)15-7-9-20-18(19(15)21-17)8-12-22-10-3-2-4-11-22/h5-6,13,18,20-21H,2-4,7-12H2,1H3. The van der Waals surface area contributed by atoms with Crippen molar-refractivity contribution in [3.05, 3.63) is 29.5 Å². The van der Waals surface area contributed by atoms with Gasteiger partial charge in [0.15, 0.2) is 0 Å². The van der Waals surface area contributed by atoms with Crippen LogP contribution in [-0.2, 0) is 6.42 Å². The number of methoxy groups -OCH3 is 1. The summed E-state index contributed by atoms with van der Waals surface area (Å²) in [5, 5.41) is 5.05. The van der Waals surface area contributed by atoms with Crippen molar-refractivity contribution in [3.63, 3.8) is 0 Å². The maximum Gasteiger partial charge on any atom is 0.119 e. The molecule has 4 rings (SSSR count). The lowest BCUT2D eigenvalue weighted by atomic mass is 9.97. The van der Waals surface area contributed by atoms with Crippen molar-refractivity contribution in [1.29, 1.82) is 0 Å². The molecular weight excluding hydrogens is 286 g/mol. The molecule has 1 unspecified atom stereocenters. The van der Waals surface area contributed by atoms with Gasteiger partial charge in [0.25, 0.3) is 0 Å². The van der Waals surface area contributed by atoms with E-state index in [1.807, 2.05) is 6.07 Å². The van der Waals surface area contributed by atoms with E-state index < -0.39 is 0 Å². The van der Waals surface area contributed by atoms with E-state index in [4.69, 9.17) is 4.74 Å². The normalized spacial score (nSPS) is 22.2. The molecule has 124 valence electrons. The minimum Gasteiger partial charge on any atom is -0.497 e. The average Bonchev–Trinajstić information content (AvgIpc) is 2.99. The fraction of sp³-hybridized carbons (Fsp3) is 0.579. The highest BCUT2D eigenvalue weighted by molar-refractivity contribution is 5.86. The summed E-state index contributed by atoms with van der Waals surface area (Å²) in [5.41, 5.74) is 4.13. The van der Waals surface area contributed by atoms with Crippen LogP contribution in [0.3, 0.4) is 0 Å². The zero-order valence-corrected chi connectivity index (χ0v) is 14.0. The van der Waals surface area contributed by atoms with E-state index >= 15 is 0 Å². The van der Waals surface area contributed by atoms with Crippen LogP contribution in [0.2, 0.25) is 0 Å². The number of ether oxygens (including phenoxy) is 1. The molecule has 0 saturated carbocycles. The van der Waals surface area contributed by atoms with Gasteiger partial charge in [0.2, 0.25) is 0 Å². The fourth-order valence-electron chi connectivity index (χ4n) is 4.16. The quantitative estimate of drug-likeness (QED) is 0.910. The van der Waals surface area contributed by atoms with Gasteiger partial charge in [-0.2, -0.15) is 0 Å². The molecule has 2 aliphatic rings. The van der Waals surface area contributed by atoms with Crippen LogP contribution in [-0.4, -0.2) is 43.2 Å². The Labute approximate surface area is 138 Å². The number of nitrogens with one attached hydrogen (secondary N) is 2. The van der Waals surface area contributed by atoms with E-state index in [-0.39, 0.29) is 0 Å². The second-order valence-electron chi connectivity index (χ2n) is 6.88. The Morgan fingerprint density at radius 3 is 2.91 bits per heavy atom. The van der Waals surface area contributed by atoms with Crippen LogP contribution in [0.15, 0.2) is 18.2 Å². The molecule has 1 saturated heterocycles. The van der Waals surface area contributed by atoms with Gasteiger partial charge in [-0.3, -0.25) is 0 Å². The SMILES string of the molecule is COc1ccc2[nH]c3c(c2c1)CCNC3CCN1CCCCC1. The third-order valence-corrected chi connectivity index (χ3v) is 5.44. The topological polar surface area (TPSA) is 40.3 Å². The van der Waals surface area contributed by atoms with Crippen LogP contribution >= 0.6 is 0 Å². The van der Waals surface area contributed by atoms with Gasteiger partial charge in [-0.1, -0.05) is 6.42 Å². The molecule has 1 aromatic carbocycles. The number of fused-ring (bicyclic) bond motifs is 3. The summed E-state index contributed by atoms with van der Waals surface area (Å²) in [7, 11) is 1.74. The third-order valence-electron chi connectivity index (χ3n) is 5.44. The van der Waals surface area contributed by atoms with Gasteiger partial charge in [-0.15, -0.1) is 0 Å². The van der Waals surface area contributed by atoms with Gasteiger partial charge in [-0.05, 0) is 75.6 Å². The number of benzene rings is 1. The van der Waals surface area contributed by atoms with E-state index in [9.17, 15) is 0 Å². The molecule has 3 heterocycles. The second-order valence-corrected chi connectivity index (χ2v) is 6.88. The second kappa shape index (κ2) is 6.54. The number of likely N-dealkylation sites (tertiary alicyclic amines) is 1. The number of hydrogen-bond acceptors (Lipinski definition) is 3. The molecule has 4 nitrogen and oxygen atoms in total. The molecule has 0 spiro atoms. The molecule has 23 heavy (non-hydrogen) atoms. The zero-order valence-electron chi connectivity index (χ0n) is 14.0. The zero-order chi connectivity index (χ0) is 15.6. The van der Waals surface area contributed by atoms with E-state index in [0.29, 0.717) is 6.04 Å². The number of nitrogens with zero attached hydrogens (tertiary/aromatic N) is 1. The summed E-state index contributed by atoms with van der Waals surface area (Å²) in [6.07, 6.45) is 6.44. The van der Waals surface area contributed by atoms with Crippen LogP contribution in [0.25, 0.3) is 10.9 Å². The lowest BCUT2D eigenvalue weighted by Gasteiger charge is -2.30. The maximum atomic E-state index is 5.40. The third kappa shape index (κ3) is 2.98. The minimum atomic E-state index is 0.457. The van der Waals surface area contributed by atoms with E-state index in [0.717, 1.165) is 18.7 Å². The molecule has 0 aliphatic carbocycles. The first-order chi connectivity index (χ1) is 11.3. The molecule has 1 fully saturated rings. The Hall–Kier alpha value is -1.52. The number of aromatic amines is 1. The number of H-pyrrole nitrogens is 1. The highest BCUT2D eigenvalue weighted by Crippen LogP contribution is 2.33. The Balaban J connectivity index is 1.55. The summed E-state index contributed by atoms with van der Waals surface area (Å²) in [6.45, 7) is 4.84. The van der Waals surface area contributed by atoms with Crippen molar-refractivity contribution >= 4 is 10.9 Å². The molecular formula is C19H27N3O. The molecule has 0 bridgehead atoms. The lowest BCUT2D eigenvalue weighted by molar-refractivity contribution is 0.215. The molecule has 0 radical (unpaired) electrons. The Bertz CT molecular complexity index is 673. The number of aromatic nitrogens is 1. The first-order valence-corrected chi connectivity index (χ1v) is 8.99. The van der Waals surface area contributed by atoms with Crippen LogP contribution in [0, 0.1) is 0 Å². The molecule has 2 aromatic rings. The van der Waals surface area contributed by atoms with Gasteiger partial charge >= 0.3 is 0 Å². The molecule has 1 atom stereocenters. The van der Waals surface area contributed by atoms with E-state index in [1.54, 1.807) is 7.11 Å². The van der Waals surface area contributed by atoms with Crippen LogP contribution in [0.1, 0.15) is 43.0 Å². The van der Waals surface area contributed by atoms with Gasteiger partial charge in [0, 0.05) is 22.6 Å². The van der Waals surface area contributed by atoms with Crippen LogP contribution in [0.4, 0.5) is 0 Å². The monoisotopic (exact) mass is 313 g/mol. The Kier molecular flexibility index (Phi) is 4.27. The van der Waals surface area contributed by atoms with Crippen molar-refractivity contribution in [3.8, 4) is 5.75 Å².